The number of carbonyl (C=O) groups is 1. The highest BCUT2D eigenvalue weighted by Crippen LogP contribution is 2.36. The zero-order chi connectivity index (χ0) is 22.3. The quantitative estimate of drug-likeness (QED) is 0.682. The second-order valence-electron chi connectivity index (χ2n) is 7.14. The molecule has 0 fully saturated rings. The number of alkyl halides is 3. The lowest BCUT2D eigenvalue weighted by atomic mass is 10.0. The van der Waals surface area contributed by atoms with Crippen LogP contribution >= 0.6 is 0 Å². The van der Waals surface area contributed by atoms with Gasteiger partial charge in [0.25, 0.3) is 5.91 Å². The summed E-state index contributed by atoms with van der Waals surface area (Å²) >= 11 is 0. The number of aromatic nitrogens is 3. The van der Waals surface area contributed by atoms with Gasteiger partial charge in [0.2, 0.25) is 0 Å². The average Bonchev–Trinajstić information content (AvgIpc) is 3.21. The molecule has 0 spiro atoms. The Labute approximate surface area is 175 Å². The van der Waals surface area contributed by atoms with Gasteiger partial charge in [-0.05, 0) is 42.8 Å². The Morgan fingerprint density at radius 1 is 1.26 bits per heavy atom. The first-order valence-corrected chi connectivity index (χ1v) is 9.39. The molecule has 0 radical (unpaired) electrons. The van der Waals surface area contributed by atoms with Crippen LogP contribution in [0.1, 0.15) is 34.6 Å². The molecule has 0 aliphatic carbocycles. The van der Waals surface area contributed by atoms with E-state index in [1.807, 2.05) is 6.92 Å². The second kappa shape index (κ2) is 7.43. The van der Waals surface area contributed by atoms with Crippen molar-refractivity contribution in [1.82, 2.24) is 14.8 Å². The normalized spacial score (nSPS) is 16.1. The van der Waals surface area contributed by atoms with Crippen LogP contribution in [0.5, 0.6) is 0 Å². The Hall–Kier alpha value is -3.87. The van der Waals surface area contributed by atoms with Gasteiger partial charge in [-0.1, -0.05) is 0 Å². The molecule has 1 amide bonds. The maximum atomic E-state index is 13.4. The van der Waals surface area contributed by atoms with Crippen molar-refractivity contribution in [2.24, 2.45) is 0 Å². The number of halogens is 3. The van der Waals surface area contributed by atoms with Crippen molar-refractivity contribution >= 4 is 17.4 Å². The Kier molecular flexibility index (Phi) is 4.89. The molecule has 3 heterocycles. The number of nitriles is 1. The molecule has 1 N–H and O–H groups in total. The molecule has 158 valence electrons. The SMILES string of the molecule is CNc1cc(-c2cnn3c2C(=O)N(c2ccc(C(F)(F)F)c(C#N)c2)C[C@@H]3C)ccn1. The number of nitrogens with zero attached hydrogens (tertiary/aromatic N) is 5. The third kappa shape index (κ3) is 3.48. The minimum atomic E-state index is -4.65. The summed E-state index contributed by atoms with van der Waals surface area (Å²) < 4.78 is 41.1. The van der Waals surface area contributed by atoms with Gasteiger partial charge < -0.3 is 10.2 Å². The molecule has 0 unspecified atom stereocenters. The number of rotatable bonds is 3. The van der Waals surface area contributed by atoms with Crippen molar-refractivity contribution in [2.75, 3.05) is 23.8 Å². The fourth-order valence-corrected chi connectivity index (χ4v) is 3.67. The molecule has 4 rings (SSSR count). The van der Waals surface area contributed by atoms with Crippen LogP contribution in [0.4, 0.5) is 24.7 Å². The van der Waals surface area contributed by atoms with E-state index >= 15 is 0 Å². The monoisotopic (exact) mass is 426 g/mol. The van der Waals surface area contributed by atoms with Gasteiger partial charge in [0, 0.05) is 31.0 Å². The molecule has 7 nitrogen and oxygen atoms in total. The topological polar surface area (TPSA) is 86.8 Å². The molecule has 1 aromatic carbocycles. The highest BCUT2D eigenvalue weighted by atomic mass is 19.4. The number of hydrogen-bond acceptors (Lipinski definition) is 5. The molecule has 0 saturated heterocycles. The largest absolute Gasteiger partial charge is 0.417 e. The van der Waals surface area contributed by atoms with E-state index in [9.17, 15) is 23.2 Å². The van der Waals surface area contributed by atoms with Crippen molar-refractivity contribution in [1.29, 1.82) is 5.26 Å². The highest BCUT2D eigenvalue weighted by molar-refractivity contribution is 6.10. The number of pyridine rings is 1. The van der Waals surface area contributed by atoms with Crippen molar-refractivity contribution < 1.29 is 18.0 Å². The van der Waals surface area contributed by atoms with E-state index in [2.05, 4.69) is 15.4 Å². The minimum Gasteiger partial charge on any atom is -0.373 e. The Morgan fingerprint density at radius 3 is 2.71 bits per heavy atom. The molecule has 1 atom stereocenters. The Morgan fingerprint density at radius 2 is 2.03 bits per heavy atom. The van der Waals surface area contributed by atoms with Gasteiger partial charge in [-0.25, -0.2) is 4.98 Å². The first-order valence-electron chi connectivity index (χ1n) is 9.39. The van der Waals surface area contributed by atoms with Crippen LogP contribution in [0.2, 0.25) is 0 Å². The van der Waals surface area contributed by atoms with Crippen molar-refractivity contribution in [3.8, 4) is 17.2 Å². The van der Waals surface area contributed by atoms with Gasteiger partial charge in [0.15, 0.2) is 0 Å². The van der Waals surface area contributed by atoms with Crippen LogP contribution in [0, 0.1) is 11.3 Å². The summed E-state index contributed by atoms with van der Waals surface area (Å²) in [6.07, 6.45) is -1.45. The van der Waals surface area contributed by atoms with Crippen LogP contribution in [-0.4, -0.2) is 34.3 Å². The first-order chi connectivity index (χ1) is 14.7. The number of nitrogens with one attached hydrogen (secondary N) is 1. The maximum absolute atomic E-state index is 13.4. The first kappa shape index (κ1) is 20.4. The number of benzene rings is 1. The molecule has 0 bridgehead atoms. The van der Waals surface area contributed by atoms with Gasteiger partial charge in [-0.3, -0.25) is 9.48 Å². The fraction of sp³-hybridized carbons (Fsp3) is 0.238. The number of amides is 1. The van der Waals surface area contributed by atoms with E-state index in [0.29, 0.717) is 17.1 Å². The van der Waals surface area contributed by atoms with Crippen LogP contribution < -0.4 is 10.2 Å². The summed E-state index contributed by atoms with van der Waals surface area (Å²) in [6.45, 7) is 2.07. The molecule has 1 aliphatic heterocycles. The lowest BCUT2D eigenvalue weighted by Gasteiger charge is -2.32. The maximum Gasteiger partial charge on any atom is 0.417 e. The van der Waals surface area contributed by atoms with E-state index in [1.54, 1.807) is 42.3 Å². The summed E-state index contributed by atoms with van der Waals surface area (Å²) in [7, 11) is 1.73. The second-order valence-corrected chi connectivity index (χ2v) is 7.14. The molecule has 3 aromatic rings. The van der Waals surface area contributed by atoms with Gasteiger partial charge in [-0.15, -0.1) is 0 Å². The molecular formula is C21H17F3N6O. The molecular weight excluding hydrogens is 409 g/mol. The molecule has 10 heteroatoms. The van der Waals surface area contributed by atoms with E-state index in [4.69, 9.17) is 0 Å². The molecule has 31 heavy (non-hydrogen) atoms. The molecule has 1 aliphatic rings. The Balaban J connectivity index is 1.79. The summed E-state index contributed by atoms with van der Waals surface area (Å²) in [5.41, 5.74) is 0.313. The standard InChI is InChI=1S/C21H17F3N6O/c1-12-11-29(15-3-4-17(21(22,23)24)14(7-15)9-25)20(31)19-16(10-28-30(12)19)13-5-6-27-18(8-13)26-2/h3-8,10,12H,11H2,1-2H3,(H,26,27)/t12-/m0/s1. The summed E-state index contributed by atoms with van der Waals surface area (Å²) in [4.78, 5) is 18.9. The molecule has 0 saturated carbocycles. The minimum absolute atomic E-state index is 0.210. The van der Waals surface area contributed by atoms with E-state index in [0.717, 1.165) is 17.7 Å². The van der Waals surface area contributed by atoms with E-state index in [1.165, 1.54) is 11.0 Å². The third-order valence-electron chi connectivity index (χ3n) is 5.18. The highest BCUT2D eigenvalue weighted by Gasteiger charge is 2.36. The molecule has 2 aromatic heterocycles. The number of anilines is 2. The predicted molar refractivity (Wildman–Crippen MR) is 108 cm³/mol. The van der Waals surface area contributed by atoms with Crippen molar-refractivity contribution in [3.63, 3.8) is 0 Å². The van der Waals surface area contributed by atoms with Gasteiger partial charge in [-0.2, -0.15) is 23.5 Å². The van der Waals surface area contributed by atoms with E-state index < -0.39 is 23.2 Å². The lowest BCUT2D eigenvalue weighted by molar-refractivity contribution is -0.137. The van der Waals surface area contributed by atoms with Gasteiger partial charge >= 0.3 is 6.18 Å². The van der Waals surface area contributed by atoms with Gasteiger partial charge in [0.05, 0.1) is 29.4 Å². The van der Waals surface area contributed by atoms with Crippen LogP contribution in [-0.2, 0) is 6.18 Å². The fourth-order valence-electron chi connectivity index (χ4n) is 3.67. The summed E-state index contributed by atoms with van der Waals surface area (Å²) in [6, 6.07) is 8.04. The number of hydrogen-bond donors (Lipinski definition) is 1. The van der Waals surface area contributed by atoms with Crippen LogP contribution in [0.3, 0.4) is 0 Å². The lowest BCUT2D eigenvalue weighted by Crippen LogP contribution is -2.42. The summed E-state index contributed by atoms with van der Waals surface area (Å²) in [5.74, 6) is 0.212. The van der Waals surface area contributed by atoms with Crippen LogP contribution in [0.15, 0.2) is 42.7 Å². The zero-order valence-electron chi connectivity index (χ0n) is 16.6. The van der Waals surface area contributed by atoms with Crippen molar-refractivity contribution in [2.45, 2.75) is 19.1 Å². The average molecular weight is 426 g/mol. The van der Waals surface area contributed by atoms with E-state index in [-0.39, 0.29) is 18.3 Å². The van der Waals surface area contributed by atoms with Gasteiger partial charge in [0.1, 0.15) is 11.5 Å². The van der Waals surface area contributed by atoms with Crippen LogP contribution in [0.25, 0.3) is 11.1 Å². The smallest absolute Gasteiger partial charge is 0.373 e. The zero-order valence-corrected chi connectivity index (χ0v) is 16.6. The number of fused-ring (bicyclic) bond motifs is 1. The van der Waals surface area contributed by atoms with Crippen molar-refractivity contribution in [3.05, 3.63) is 59.5 Å². The summed E-state index contributed by atoms with van der Waals surface area (Å²) in [5, 5.41) is 16.5. The third-order valence-corrected chi connectivity index (χ3v) is 5.18. The Bertz CT molecular complexity index is 1210. The predicted octanol–water partition coefficient (Wildman–Crippen LogP) is 4.10. The number of carbonyl (C=O) groups excluding carboxylic acids is 1.